The predicted octanol–water partition coefficient (Wildman–Crippen LogP) is 0.493. The van der Waals surface area contributed by atoms with Gasteiger partial charge in [-0.1, -0.05) is 43.4 Å². The van der Waals surface area contributed by atoms with Gasteiger partial charge in [-0.05, 0) is 63.6 Å². The lowest BCUT2D eigenvalue weighted by atomic mass is 9.84. The number of primary amides is 2. The Balaban J connectivity index is 1.66. The Morgan fingerprint density at radius 1 is 0.981 bits per heavy atom. The van der Waals surface area contributed by atoms with Gasteiger partial charge in [0.25, 0.3) is 11.8 Å². The van der Waals surface area contributed by atoms with Crippen LogP contribution in [0.5, 0.6) is 0 Å². The highest BCUT2D eigenvalue weighted by molar-refractivity contribution is 6.37. The Labute approximate surface area is 306 Å². The van der Waals surface area contributed by atoms with Crippen LogP contribution in [0.4, 0.5) is 4.79 Å². The summed E-state index contributed by atoms with van der Waals surface area (Å²) in [5.74, 6) is -4.90. The summed E-state index contributed by atoms with van der Waals surface area (Å²) >= 11 is 0. The first-order chi connectivity index (χ1) is 25.1. The van der Waals surface area contributed by atoms with Crippen LogP contribution in [-0.2, 0) is 24.8 Å². The number of rotatable bonds is 17. The van der Waals surface area contributed by atoms with Gasteiger partial charge in [0.05, 0.1) is 24.0 Å². The van der Waals surface area contributed by atoms with Crippen LogP contribution in [0, 0.1) is 5.92 Å². The molecule has 18 nitrogen and oxygen atoms in total. The van der Waals surface area contributed by atoms with E-state index < -0.39 is 71.2 Å². The number of carbonyl (C=O) groups excluding carboxylic acids is 6. The number of nitrogens with zero attached hydrogens (tertiary/aromatic N) is 4. The summed E-state index contributed by atoms with van der Waals surface area (Å²) < 4.78 is 1.44. The molecule has 0 bridgehead atoms. The van der Waals surface area contributed by atoms with Gasteiger partial charge in [-0.2, -0.15) is 0 Å². The van der Waals surface area contributed by atoms with Crippen molar-refractivity contribution in [1.29, 1.82) is 0 Å². The average molecular weight is 740 g/mol. The highest BCUT2D eigenvalue weighted by atomic mass is 16.4. The maximum Gasteiger partial charge on any atom is 0.404 e. The Kier molecular flexibility index (Phi) is 13.6. The molecule has 1 aromatic heterocycles. The van der Waals surface area contributed by atoms with Gasteiger partial charge in [-0.3, -0.25) is 28.8 Å². The second kappa shape index (κ2) is 17.9. The number of aliphatic hydroxyl groups is 1. The largest absolute Gasteiger partial charge is 0.465 e. The van der Waals surface area contributed by atoms with Crippen LogP contribution in [0.1, 0.15) is 111 Å². The summed E-state index contributed by atoms with van der Waals surface area (Å²) in [7, 11) is 0. The number of carbonyl (C=O) groups is 7. The summed E-state index contributed by atoms with van der Waals surface area (Å²) in [4.78, 5) is 91.1. The van der Waals surface area contributed by atoms with Gasteiger partial charge in [-0.15, -0.1) is 5.10 Å². The number of benzene rings is 1. The first kappa shape index (κ1) is 40.4. The zero-order valence-corrected chi connectivity index (χ0v) is 30.0. The molecule has 2 heterocycles. The molecule has 4 atom stereocenters. The van der Waals surface area contributed by atoms with Crippen LogP contribution in [-0.4, -0.2) is 103 Å². The zero-order valence-electron chi connectivity index (χ0n) is 30.0. The van der Waals surface area contributed by atoms with Crippen LogP contribution in [0.3, 0.4) is 0 Å². The summed E-state index contributed by atoms with van der Waals surface area (Å²) in [6, 6.07) is 1.47. The molecule has 288 valence electrons. The fourth-order valence-electron chi connectivity index (χ4n) is 7.04. The zero-order chi connectivity index (χ0) is 38.9. The molecule has 0 radical (unpaired) electrons. The standard InChI is InChI=1S/C35H49N9O9/c1-35(2,53)27-18-39-42-44(27)23-17-26(32(49)40-24(28(45)30(37)47)13-6-7-14-38-34(51)52)43(19-23)33(50)25(15-20-9-4-3-5-10-20)41-31(48)22-12-8-11-21(16-22)29(36)46/h8,11-12,16,18,20,23-26,38,53H,3-7,9-10,13-15,17,19H2,1-2H3,(H2,36,46)(H2,37,47)(H,40,49)(H,41,48)(H,51,52)/t23-,24?,25?,26-/m0/s1. The van der Waals surface area contributed by atoms with E-state index >= 15 is 0 Å². The number of Topliss-reactive ketones (excluding diaryl/α,β-unsaturated/α-hetero) is 1. The Morgan fingerprint density at radius 2 is 1.68 bits per heavy atom. The summed E-state index contributed by atoms with van der Waals surface area (Å²) in [6.07, 6.45) is 5.61. The molecular weight excluding hydrogens is 690 g/mol. The molecular formula is C35H49N9O9. The van der Waals surface area contributed by atoms with Crippen LogP contribution in [0.25, 0.3) is 0 Å². The van der Waals surface area contributed by atoms with E-state index in [0.29, 0.717) is 12.1 Å². The van der Waals surface area contributed by atoms with Crippen molar-refractivity contribution < 1.29 is 43.8 Å². The summed E-state index contributed by atoms with van der Waals surface area (Å²) in [5.41, 5.74) is 9.89. The topological polar surface area (TPSA) is 282 Å². The molecule has 1 aliphatic heterocycles. The summed E-state index contributed by atoms with van der Waals surface area (Å²) in [5, 5.41) is 35.4. The fourth-order valence-corrected chi connectivity index (χ4v) is 7.04. The van der Waals surface area contributed by atoms with Crippen molar-refractivity contribution in [2.24, 2.45) is 17.4 Å². The van der Waals surface area contributed by atoms with Crippen molar-refractivity contribution in [2.45, 2.75) is 108 Å². The Morgan fingerprint density at radius 3 is 2.32 bits per heavy atom. The Hall–Kier alpha value is -5.39. The lowest BCUT2D eigenvalue weighted by Crippen LogP contribution is -2.56. The van der Waals surface area contributed by atoms with E-state index in [4.69, 9.17) is 16.6 Å². The van der Waals surface area contributed by atoms with Crippen LogP contribution >= 0.6 is 0 Å². The molecule has 2 fully saturated rings. The maximum atomic E-state index is 14.7. The van der Waals surface area contributed by atoms with Crippen LogP contribution in [0.15, 0.2) is 30.5 Å². The summed E-state index contributed by atoms with van der Waals surface area (Å²) in [6.45, 7) is 3.08. The molecule has 1 aromatic carbocycles. The normalized spacial score (nSPS) is 18.8. The fraction of sp³-hybridized carbons (Fsp3) is 0.571. The van der Waals surface area contributed by atoms with E-state index in [0.717, 1.165) is 32.1 Å². The molecule has 0 spiro atoms. The number of ketones is 1. The van der Waals surface area contributed by atoms with Crippen molar-refractivity contribution in [3.8, 4) is 0 Å². The number of hydrogen-bond donors (Lipinski definition) is 7. The van der Waals surface area contributed by atoms with Crippen molar-refractivity contribution in [2.75, 3.05) is 13.1 Å². The minimum atomic E-state index is -1.38. The van der Waals surface area contributed by atoms with Crippen molar-refractivity contribution in [3.63, 3.8) is 0 Å². The molecule has 6 amide bonds. The highest BCUT2D eigenvalue weighted by Gasteiger charge is 2.45. The number of unbranched alkanes of at least 4 members (excludes halogenated alkanes) is 1. The third kappa shape index (κ3) is 10.8. The average Bonchev–Trinajstić information content (AvgIpc) is 3.79. The number of likely N-dealkylation sites (tertiary alicyclic amines) is 1. The third-order valence-electron chi connectivity index (χ3n) is 9.79. The molecule has 53 heavy (non-hydrogen) atoms. The first-order valence-corrected chi connectivity index (χ1v) is 17.8. The minimum Gasteiger partial charge on any atom is -0.465 e. The monoisotopic (exact) mass is 739 g/mol. The molecule has 2 aromatic rings. The number of amides is 6. The lowest BCUT2D eigenvalue weighted by Gasteiger charge is -2.32. The van der Waals surface area contributed by atoms with E-state index in [9.17, 15) is 38.7 Å². The second-order valence-electron chi connectivity index (χ2n) is 14.2. The van der Waals surface area contributed by atoms with Crippen molar-refractivity contribution in [1.82, 2.24) is 35.8 Å². The number of hydrogen-bond acceptors (Lipinski definition) is 10. The van der Waals surface area contributed by atoms with Gasteiger partial charge >= 0.3 is 6.09 Å². The first-order valence-electron chi connectivity index (χ1n) is 17.8. The van der Waals surface area contributed by atoms with E-state index in [1.165, 1.54) is 40.0 Å². The third-order valence-corrected chi connectivity index (χ3v) is 9.79. The molecule has 1 saturated carbocycles. The quantitative estimate of drug-likeness (QED) is 0.0866. The number of nitrogens with two attached hydrogens (primary N) is 2. The molecule has 1 saturated heterocycles. The number of nitrogens with one attached hydrogen (secondary N) is 3. The molecule has 1 aliphatic carbocycles. The molecule has 9 N–H and O–H groups in total. The molecule has 2 unspecified atom stereocenters. The SMILES string of the molecule is CC(C)(O)c1cnnn1[C@H]1C[C@@H](C(=O)NC(CCCCNC(=O)O)C(=O)C(N)=O)N(C(=O)C(CC2CCCCC2)NC(=O)c2cccc(C(N)=O)c2)C1. The smallest absolute Gasteiger partial charge is 0.404 e. The van der Waals surface area contributed by atoms with Crippen molar-refractivity contribution >= 4 is 41.4 Å². The van der Waals surface area contributed by atoms with Gasteiger partial charge < -0.3 is 42.5 Å². The van der Waals surface area contributed by atoms with Gasteiger partial charge in [-0.25, -0.2) is 9.48 Å². The van der Waals surface area contributed by atoms with E-state index in [2.05, 4.69) is 26.3 Å². The molecule has 18 heteroatoms. The van der Waals surface area contributed by atoms with E-state index in [1.807, 2.05) is 0 Å². The number of carboxylic acid groups (broad SMARTS) is 1. The second-order valence-corrected chi connectivity index (χ2v) is 14.2. The lowest BCUT2D eigenvalue weighted by molar-refractivity contribution is -0.142. The van der Waals surface area contributed by atoms with Gasteiger partial charge in [0.15, 0.2) is 0 Å². The van der Waals surface area contributed by atoms with Crippen LogP contribution in [0.2, 0.25) is 0 Å². The van der Waals surface area contributed by atoms with Gasteiger partial charge in [0.2, 0.25) is 23.5 Å². The Bertz CT molecular complexity index is 1680. The molecule has 4 rings (SSSR count). The van der Waals surface area contributed by atoms with Gasteiger partial charge in [0, 0.05) is 30.6 Å². The number of aromatic nitrogens is 3. The molecule has 2 aliphatic rings. The van der Waals surface area contributed by atoms with E-state index in [-0.39, 0.29) is 55.8 Å². The van der Waals surface area contributed by atoms with Gasteiger partial charge in [0.1, 0.15) is 17.7 Å². The van der Waals surface area contributed by atoms with Crippen LogP contribution < -0.4 is 27.4 Å². The minimum absolute atomic E-state index is 0.0191. The predicted molar refractivity (Wildman–Crippen MR) is 188 cm³/mol. The maximum absolute atomic E-state index is 14.7. The highest BCUT2D eigenvalue weighted by Crippen LogP contribution is 2.33. The van der Waals surface area contributed by atoms with E-state index in [1.54, 1.807) is 13.8 Å². The van der Waals surface area contributed by atoms with Crippen molar-refractivity contribution in [3.05, 3.63) is 47.3 Å².